The van der Waals surface area contributed by atoms with Crippen LogP contribution in [0.25, 0.3) is 0 Å². The molecule has 0 bridgehead atoms. The van der Waals surface area contributed by atoms with Crippen molar-refractivity contribution in [2.24, 2.45) is 0 Å². The Morgan fingerprint density at radius 3 is 2.39 bits per heavy atom. The lowest BCUT2D eigenvalue weighted by atomic mass is 10.1. The van der Waals surface area contributed by atoms with Gasteiger partial charge in [0.2, 0.25) is 0 Å². The third-order valence-electron chi connectivity index (χ3n) is 4.21. The van der Waals surface area contributed by atoms with Crippen molar-refractivity contribution in [3.8, 4) is 0 Å². The summed E-state index contributed by atoms with van der Waals surface area (Å²) in [6, 6.07) is 10.0. The fourth-order valence-corrected chi connectivity index (χ4v) is 4.51. The third-order valence-corrected chi connectivity index (χ3v) is 5.95. The smallest absolute Gasteiger partial charge is 0.410 e. The van der Waals surface area contributed by atoms with E-state index in [-0.39, 0.29) is 12.2 Å². The minimum Gasteiger partial charge on any atom is -0.444 e. The van der Waals surface area contributed by atoms with Crippen LogP contribution in [0.3, 0.4) is 0 Å². The number of benzene rings is 1. The molecule has 31 heavy (non-hydrogen) atoms. The van der Waals surface area contributed by atoms with Gasteiger partial charge in [-0.1, -0.05) is 30.3 Å². The summed E-state index contributed by atoms with van der Waals surface area (Å²) in [4.78, 5) is 31.6. The first-order valence-corrected chi connectivity index (χ1v) is 12.9. The zero-order chi connectivity index (χ0) is 23.2. The normalized spacial score (nSPS) is 11.9. The number of rotatable bonds is 9. The van der Waals surface area contributed by atoms with Crippen molar-refractivity contribution in [1.82, 2.24) is 9.88 Å². The second kappa shape index (κ2) is 10.4. The highest BCUT2D eigenvalue weighted by Crippen LogP contribution is 2.21. The number of carbonyl (C=O) groups excluding carboxylic acids is 2. The minimum absolute atomic E-state index is 0.152. The number of Topliss-reactive ketones (excluding diaryl/α,β-unsaturated/α-hetero) is 1. The van der Waals surface area contributed by atoms with Crippen LogP contribution in [0.5, 0.6) is 0 Å². The first kappa shape index (κ1) is 25.0. The van der Waals surface area contributed by atoms with Gasteiger partial charge in [0.1, 0.15) is 22.1 Å². The summed E-state index contributed by atoms with van der Waals surface area (Å²) >= 11 is 1.29. The lowest BCUT2D eigenvalue weighted by Crippen LogP contribution is -2.37. The molecule has 0 aliphatic heterocycles. The molecule has 2 rings (SSSR count). The van der Waals surface area contributed by atoms with Gasteiger partial charge >= 0.3 is 6.09 Å². The van der Waals surface area contributed by atoms with Gasteiger partial charge in [0.25, 0.3) is 0 Å². The van der Waals surface area contributed by atoms with Crippen LogP contribution in [0, 0.1) is 6.92 Å². The average Bonchev–Trinajstić information content (AvgIpc) is 2.99. The molecule has 1 aromatic carbocycles. The number of aromatic nitrogens is 1. The Morgan fingerprint density at radius 1 is 1.16 bits per heavy atom. The molecule has 1 amide bonds. The molecule has 0 fully saturated rings. The zero-order valence-corrected chi connectivity index (χ0v) is 20.3. The molecule has 2 aromatic rings. The Morgan fingerprint density at radius 2 is 1.81 bits per heavy atom. The summed E-state index contributed by atoms with van der Waals surface area (Å²) in [7, 11) is -3.44. The Hall–Kier alpha value is -2.26. The van der Waals surface area contributed by atoms with E-state index in [0.717, 1.165) is 19.1 Å². The SMILES string of the molecule is Cc1sc(CN(CCCc2ccccc2)C(=O)OC(C)(C)C)nc1C(=O)CS(C)(=O)=O. The van der Waals surface area contributed by atoms with Gasteiger partial charge in [-0.15, -0.1) is 11.3 Å². The number of hydrogen-bond acceptors (Lipinski definition) is 7. The number of ketones is 1. The van der Waals surface area contributed by atoms with Gasteiger partial charge in [0, 0.05) is 17.7 Å². The molecular weight excluding hydrogens is 436 g/mol. The molecule has 0 atom stereocenters. The van der Waals surface area contributed by atoms with E-state index in [1.807, 2.05) is 51.1 Å². The summed E-state index contributed by atoms with van der Waals surface area (Å²) in [5.74, 6) is -1.11. The molecule has 0 saturated carbocycles. The zero-order valence-electron chi connectivity index (χ0n) is 18.7. The van der Waals surface area contributed by atoms with Crippen LogP contribution in [0.15, 0.2) is 30.3 Å². The van der Waals surface area contributed by atoms with E-state index < -0.39 is 33.1 Å². The van der Waals surface area contributed by atoms with E-state index in [2.05, 4.69) is 4.98 Å². The number of nitrogens with zero attached hydrogens (tertiary/aromatic N) is 2. The van der Waals surface area contributed by atoms with Gasteiger partial charge in [-0.3, -0.25) is 4.79 Å². The molecule has 0 aliphatic rings. The standard InChI is InChI=1S/C22H30N2O5S2/c1-16-20(18(25)15-31(5,27)28)23-19(30-16)14-24(21(26)29-22(2,3)4)13-9-12-17-10-7-6-8-11-17/h6-8,10-11H,9,12-15H2,1-5H3. The number of sulfone groups is 1. The van der Waals surface area contributed by atoms with E-state index in [1.165, 1.54) is 16.9 Å². The van der Waals surface area contributed by atoms with Crippen LogP contribution in [0.4, 0.5) is 4.79 Å². The number of aryl methyl sites for hydroxylation is 2. The molecule has 9 heteroatoms. The first-order valence-electron chi connectivity index (χ1n) is 10.0. The maximum absolute atomic E-state index is 12.8. The molecule has 0 radical (unpaired) electrons. The van der Waals surface area contributed by atoms with Crippen LogP contribution < -0.4 is 0 Å². The Kier molecular flexibility index (Phi) is 8.36. The Balaban J connectivity index is 2.13. The lowest BCUT2D eigenvalue weighted by Gasteiger charge is -2.27. The Bertz CT molecular complexity index is 1010. The Labute approximate surface area is 188 Å². The lowest BCUT2D eigenvalue weighted by molar-refractivity contribution is 0.0231. The molecule has 0 unspecified atom stereocenters. The molecule has 0 saturated heterocycles. The molecule has 1 aromatic heterocycles. The highest BCUT2D eigenvalue weighted by molar-refractivity contribution is 7.91. The number of carbonyl (C=O) groups is 2. The highest BCUT2D eigenvalue weighted by atomic mass is 32.2. The predicted molar refractivity (Wildman–Crippen MR) is 122 cm³/mol. The summed E-state index contributed by atoms with van der Waals surface area (Å²) < 4.78 is 28.4. The molecular formula is C22H30N2O5S2. The van der Waals surface area contributed by atoms with Crippen molar-refractivity contribution in [3.63, 3.8) is 0 Å². The van der Waals surface area contributed by atoms with Gasteiger partial charge < -0.3 is 9.64 Å². The molecule has 1 heterocycles. The monoisotopic (exact) mass is 466 g/mol. The number of ether oxygens (including phenoxy) is 1. The maximum atomic E-state index is 12.8. The van der Waals surface area contributed by atoms with Crippen molar-refractivity contribution in [3.05, 3.63) is 51.5 Å². The van der Waals surface area contributed by atoms with Crippen molar-refractivity contribution in [2.45, 2.75) is 52.7 Å². The summed E-state index contributed by atoms with van der Waals surface area (Å²) in [5.41, 5.74) is 0.703. The van der Waals surface area contributed by atoms with Crippen molar-refractivity contribution < 1.29 is 22.7 Å². The fraction of sp³-hybridized carbons (Fsp3) is 0.500. The van der Waals surface area contributed by atoms with Gasteiger partial charge in [0.05, 0.1) is 6.54 Å². The first-order chi connectivity index (χ1) is 14.3. The average molecular weight is 467 g/mol. The van der Waals surface area contributed by atoms with Gasteiger partial charge in [0.15, 0.2) is 15.6 Å². The molecule has 0 spiro atoms. The summed E-state index contributed by atoms with van der Waals surface area (Å²) in [5, 5.41) is 0.569. The number of amides is 1. The fourth-order valence-electron chi connectivity index (χ4n) is 2.93. The van der Waals surface area contributed by atoms with Gasteiger partial charge in [-0.05, 0) is 46.1 Å². The summed E-state index contributed by atoms with van der Waals surface area (Å²) in [6.45, 7) is 7.81. The third kappa shape index (κ3) is 8.78. The number of hydrogen-bond donors (Lipinski definition) is 0. The maximum Gasteiger partial charge on any atom is 0.410 e. The minimum atomic E-state index is -3.44. The molecule has 0 aliphatic carbocycles. The molecule has 0 N–H and O–H groups in total. The van der Waals surface area contributed by atoms with Crippen molar-refractivity contribution in [1.29, 1.82) is 0 Å². The van der Waals surface area contributed by atoms with Gasteiger partial charge in [-0.25, -0.2) is 18.2 Å². The topological polar surface area (TPSA) is 93.6 Å². The van der Waals surface area contributed by atoms with Crippen LogP contribution >= 0.6 is 11.3 Å². The van der Waals surface area contributed by atoms with Crippen LogP contribution in [-0.2, 0) is 27.5 Å². The van der Waals surface area contributed by atoms with Crippen molar-refractivity contribution in [2.75, 3.05) is 18.6 Å². The summed E-state index contributed by atoms with van der Waals surface area (Å²) in [6.07, 6.45) is 2.13. The predicted octanol–water partition coefficient (Wildman–Crippen LogP) is 4.05. The van der Waals surface area contributed by atoms with E-state index in [0.29, 0.717) is 16.4 Å². The van der Waals surface area contributed by atoms with Crippen molar-refractivity contribution >= 4 is 33.1 Å². The van der Waals surface area contributed by atoms with E-state index >= 15 is 0 Å². The van der Waals surface area contributed by atoms with Crippen LogP contribution in [0.1, 0.15) is 53.1 Å². The van der Waals surface area contributed by atoms with E-state index in [9.17, 15) is 18.0 Å². The van der Waals surface area contributed by atoms with E-state index in [1.54, 1.807) is 11.8 Å². The second-order valence-electron chi connectivity index (χ2n) is 8.50. The van der Waals surface area contributed by atoms with E-state index in [4.69, 9.17) is 4.74 Å². The quantitative estimate of drug-likeness (QED) is 0.518. The highest BCUT2D eigenvalue weighted by Gasteiger charge is 2.25. The second-order valence-corrected chi connectivity index (χ2v) is 11.9. The molecule has 170 valence electrons. The largest absolute Gasteiger partial charge is 0.444 e. The van der Waals surface area contributed by atoms with Crippen LogP contribution in [0.2, 0.25) is 0 Å². The van der Waals surface area contributed by atoms with Crippen LogP contribution in [-0.4, -0.2) is 54.3 Å². The number of thiazole rings is 1. The van der Waals surface area contributed by atoms with Gasteiger partial charge in [-0.2, -0.15) is 0 Å². The molecule has 7 nitrogen and oxygen atoms in total.